The lowest BCUT2D eigenvalue weighted by Gasteiger charge is -2.08. The minimum atomic E-state index is -0.671. The van der Waals surface area contributed by atoms with Gasteiger partial charge in [-0.15, -0.1) is 0 Å². The molecular weight excluding hydrogens is 382 g/mol. The van der Waals surface area contributed by atoms with E-state index in [9.17, 15) is 8.78 Å². The molecule has 3 nitrogen and oxygen atoms in total. The lowest BCUT2D eigenvalue weighted by atomic mass is 9.98. The highest BCUT2D eigenvalue weighted by Crippen LogP contribution is 2.33. The average Bonchev–Trinajstić information content (AvgIpc) is 3.14. The van der Waals surface area contributed by atoms with E-state index in [1.807, 2.05) is 44.2 Å². The molecule has 0 amide bonds. The maximum atomic E-state index is 14.7. The number of aromatic amines is 1. The van der Waals surface area contributed by atoms with Crippen molar-refractivity contribution in [1.29, 1.82) is 5.26 Å². The Bertz CT molecular complexity index is 1260. The van der Waals surface area contributed by atoms with Gasteiger partial charge < -0.3 is 9.72 Å². The number of benzene rings is 3. The molecule has 3 aromatic carbocycles. The van der Waals surface area contributed by atoms with Gasteiger partial charge in [-0.25, -0.2) is 8.78 Å². The van der Waals surface area contributed by atoms with Crippen molar-refractivity contribution in [2.75, 3.05) is 6.61 Å². The van der Waals surface area contributed by atoms with E-state index in [0.717, 1.165) is 34.0 Å². The third-order valence-electron chi connectivity index (χ3n) is 5.05. The van der Waals surface area contributed by atoms with E-state index in [0.29, 0.717) is 17.9 Å². The fourth-order valence-electron chi connectivity index (χ4n) is 3.60. The summed E-state index contributed by atoms with van der Waals surface area (Å²) in [7, 11) is 0. The van der Waals surface area contributed by atoms with Crippen LogP contribution in [0.1, 0.15) is 24.5 Å². The lowest BCUT2D eigenvalue weighted by molar-refractivity contribution is 0.314. The normalized spacial score (nSPS) is 10.9. The van der Waals surface area contributed by atoms with Crippen molar-refractivity contribution < 1.29 is 13.5 Å². The number of halogens is 2. The van der Waals surface area contributed by atoms with Crippen molar-refractivity contribution in [2.45, 2.75) is 20.3 Å². The quantitative estimate of drug-likeness (QED) is 0.401. The van der Waals surface area contributed by atoms with Crippen LogP contribution < -0.4 is 4.74 Å². The molecule has 4 rings (SSSR count). The zero-order valence-corrected chi connectivity index (χ0v) is 16.7. The van der Waals surface area contributed by atoms with E-state index in [4.69, 9.17) is 10.00 Å². The second-order valence-corrected chi connectivity index (χ2v) is 7.24. The molecule has 0 atom stereocenters. The Morgan fingerprint density at radius 2 is 1.77 bits per heavy atom. The van der Waals surface area contributed by atoms with Crippen molar-refractivity contribution in [2.24, 2.45) is 0 Å². The lowest BCUT2D eigenvalue weighted by Crippen LogP contribution is -1.98. The van der Waals surface area contributed by atoms with Crippen LogP contribution in [0.3, 0.4) is 0 Å². The van der Waals surface area contributed by atoms with Gasteiger partial charge in [0.05, 0.1) is 29.5 Å². The number of ether oxygens (including phenoxy) is 1. The Morgan fingerprint density at radius 3 is 2.43 bits per heavy atom. The largest absolute Gasteiger partial charge is 0.493 e. The zero-order chi connectivity index (χ0) is 21.3. The van der Waals surface area contributed by atoms with Gasteiger partial charge in [-0.05, 0) is 60.4 Å². The van der Waals surface area contributed by atoms with Crippen LogP contribution in [-0.2, 0) is 0 Å². The van der Waals surface area contributed by atoms with Gasteiger partial charge >= 0.3 is 0 Å². The van der Waals surface area contributed by atoms with Gasteiger partial charge in [0, 0.05) is 23.0 Å². The summed E-state index contributed by atoms with van der Waals surface area (Å²) in [4.78, 5) is 3.10. The third-order valence-corrected chi connectivity index (χ3v) is 5.05. The highest BCUT2D eigenvalue weighted by atomic mass is 19.1. The molecule has 4 aromatic rings. The fourth-order valence-corrected chi connectivity index (χ4v) is 3.60. The summed E-state index contributed by atoms with van der Waals surface area (Å²) < 4.78 is 34.7. The number of aromatic nitrogens is 1. The summed E-state index contributed by atoms with van der Waals surface area (Å²) in [5, 5.41) is 9.90. The molecule has 0 spiro atoms. The minimum Gasteiger partial charge on any atom is -0.493 e. The Hall–Kier alpha value is -3.65. The predicted octanol–water partition coefficient (Wildman–Crippen LogP) is 6.75. The molecular formula is C25H20F2N2O. The summed E-state index contributed by atoms with van der Waals surface area (Å²) in [6.07, 6.45) is 0.758. The Kier molecular flexibility index (Phi) is 5.24. The number of nitriles is 1. The highest BCUT2D eigenvalue weighted by molar-refractivity contribution is 5.90. The fraction of sp³-hybridized carbons (Fsp3) is 0.160. The van der Waals surface area contributed by atoms with Crippen LogP contribution in [0.5, 0.6) is 5.75 Å². The van der Waals surface area contributed by atoms with Crippen LogP contribution in [0.25, 0.3) is 33.3 Å². The SMILES string of the molecule is CCCOc1cc(F)c(-c2cc3cc(-c4ccc(C#N)cc4C)ccc3[nH]2)c(F)c1. The molecule has 0 fully saturated rings. The van der Waals surface area contributed by atoms with Crippen LogP contribution in [0.2, 0.25) is 0 Å². The number of hydrogen-bond acceptors (Lipinski definition) is 2. The minimum absolute atomic E-state index is 0.105. The van der Waals surface area contributed by atoms with Crippen LogP contribution in [0.4, 0.5) is 8.78 Å². The summed E-state index contributed by atoms with van der Waals surface area (Å²) in [5.41, 5.74) is 4.63. The molecule has 0 radical (unpaired) electrons. The molecule has 150 valence electrons. The first-order valence-corrected chi connectivity index (χ1v) is 9.76. The maximum absolute atomic E-state index is 14.7. The van der Waals surface area contributed by atoms with Crippen molar-refractivity contribution in [3.63, 3.8) is 0 Å². The second kappa shape index (κ2) is 8.00. The van der Waals surface area contributed by atoms with Crippen LogP contribution in [0.15, 0.2) is 54.6 Å². The van der Waals surface area contributed by atoms with Gasteiger partial charge in [0.1, 0.15) is 17.4 Å². The van der Waals surface area contributed by atoms with Gasteiger partial charge in [0.15, 0.2) is 0 Å². The third kappa shape index (κ3) is 3.65. The van der Waals surface area contributed by atoms with Gasteiger partial charge in [0.2, 0.25) is 0 Å². The monoisotopic (exact) mass is 402 g/mol. The zero-order valence-electron chi connectivity index (χ0n) is 16.7. The summed E-state index contributed by atoms with van der Waals surface area (Å²) in [6, 6.07) is 17.7. The molecule has 1 N–H and O–H groups in total. The molecule has 0 saturated heterocycles. The molecule has 1 aromatic heterocycles. The molecule has 0 aliphatic carbocycles. The van der Waals surface area contributed by atoms with Crippen LogP contribution in [-0.4, -0.2) is 11.6 Å². The standard InChI is InChI=1S/C25H20F2N2O/c1-3-8-30-19-12-21(26)25(22(27)13-19)24-11-18-10-17(5-7-23(18)29-24)20-6-4-16(14-28)9-15(20)2/h4-7,9-13,29H,3,8H2,1-2H3. The summed E-state index contributed by atoms with van der Waals surface area (Å²) in [5.74, 6) is -1.16. The van der Waals surface area contributed by atoms with Gasteiger partial charge in [-0.1, -0.05) is 19.1 Å². The van der Waals surface area contributed by atoms with E-state index in [1.54, 1.807) is 12.1 Å². The first kappa shape index (κ1) is 19.7. The Morgan fingerprint density at radius 1 is 1.00 bits per heavy atom. The van der Waals surface area contributed by atoms with Crippen LogP contribution >= 0.6 is 0 Å². The van der Waals surface area contributed by atoms with E-state index in [1.165, 1.54) is 12.1 Å². The second-order valence-electron chi connectivity index (χ2n) is 7.24. The summed E-state index contributed by atoms with van der Waals surface area (Å²) in [6.45, 7) is 4.29. The molecule has 30 heavy (non-hydrogen) atoms. The van der Waals surface area contributed by atoms with Gasteiger partial charge in [0.25, 0.3) is 0 Å². The number of hydrogen-bond donors (Lipinski definition) is 1. The highest BCUT2D eigenvalue weighted by Gasteiger charge is 2.16. The number of nitrogens with zero attached hydrogens (tertiary/aromatic N) is 1. The van der Waals surface area contributed by atoms with Gasteiger partial charge in [-0.2, -0.15) is 5.26 Å². The van der Waals surface area contributed by atoms with E-state index in [-0.39, 0.29) is 11.3 Å². The van der Waals surface area contributed by atoms with E-state index >= 15 is 0 Å². The first-order valence-electron chi connectivity index (χ1n) is 9.76. The number of nitrogens with one attached hydrogen (secondary N) is 1. The summed E-state index contributed by atoms with van der Waals surface area (Å²) >= 11 is 0. The molecule has 0 aliphatic rings. The van der Waals surface area contributed by atoms with Crippen molar-refractivity contribution in [1.82, 2.24) is 4.98 Å². The first-order chi connectivity index (χ1) is 14.5. The number of fused-ring (bicyclic) bond motifs is 1. The van der Waals surface area contributed by atoms with E-state index < -0.39 is 11.6 Å². The predicted molar refractivity (Wildman–Crippen MR) is 114 cm³/mol. The molecule has 0 saturated carbocycles. The van der Waals surface area contributed by atoms with E-state index in [2.05, 4.69) is 11.1 Å². The van der Waals surface area contributed by atoms with Gasteiger partial charge in [-0.3, -0.25) is 0 Å². The number of aryl methyl sites for hydroxylation is 1. The number of H-pyrrole nitrogens is 1. The molecule has 1 heterocycles. The topological polar surface area (TPSA) is 48.8 Å². The molecule has 0 unspecified atom stereocenters. The number of rotatable bonds is 5. The van der Waals surface area contributed by atoms with Crippen molar-refractivity contribution in [3.8, 4) is 34.2 Å². The Labute approximate surface area is 173 Å². The smallest absolute Gasteiger partial charge is 0.139 e. The Balaban J connectivity index is 1.74. The van der Waals surface area contributed by atoms with Crippen LogP contribution in [0, 0.1) is 29.9 Å². The van der Waals surface area contributed by atoms with Crippen molar-refractivity contribution in [3.05, 3.63) is 77.4 Å². The average molecular weight is 402 g/mol. The maximum Gasteiger partial charge on any atom is 0.139 e. The molecule has 0 aliphatic heterocycles. The molecule has 0 bridgehead atoms. The molecule has 5 heteroatoms. The van der Waals surface area contributed by atoms with Crippen molar-refractivity contribution >= 4 is 10.9 Å².